The van der Waals surface area contributed by atoms with Crippen LogP contribution >= 0.6 is 11.6 Å². The number of amides is 1. The van der Waals surface area contributed by atoms with Crippen molar-refractivity contribution in [2.75, 3.05) is 19.8 Å². The molecule has 0 bridgehead atoms. The van der Waals surface area contributed by atoms with E-state index in [1.54, 1.807) is 18.2 Å². The molecule has 0 radical (unpaired) electrons. The van der Waals surface area contributed by atoms with Crippen molar-refractivity contribution in [1.29, 1.82) is 0 Å². The Kier molecular flexibility index (Phi) is 4.40. The molecule has 1 aromatic heterocycles. The van der Waals surface area contributed by atoms with Crippen LogP contribution in [-0.4, -0.2) is 30.6 Å². The van der Waals surface area contributed by atoms with E-state index >= 15 is 0 Å². The van der Waals surface area contributed by atoms with Crippen molar-refractivity contribution >= 4 is 28.5 Å². The molecule has 1 atom stereocenters. The van der Waals surface area contributed by atoms with Crippen molar-refractivity contribution < 1.29 is 18.7 Å². The maximum atomic E-state index is 13.2. The molecule has 2 aliphatic heterocycles. The van der Waals surface area contributed by atoms with Gasteiger partial charge in [0, 0.05) is 23.4 Å². The average molecular weight is 398 g/mol. The van der Waals surface area contributed by atoms with Crippen LogP contribution in [0.25, 0.3) is 11.0 Å². The molecule has 5 nitrogen and oxygen atoms in total. The Hall–Kier alpha value is -2.66. The van der Waals surface area contributed by atoms with Gasteiger partial charge in [-0.1, -0.05) is 17.7 Å². The fourth-order valence-corrected chi connectivity index (χ4v) is 4.19. The maximum absolute atomic E-state index is 13.2. The molecule has 1 fully saturated rings. The van der Waals surface area contributed by atoms with Crippen LogP contribution in [0, 0.1) is 0 Å². The Morgan fingerprint density at radius 1 is 1.00 bits per heavy atom. The molecule has 0 spiro atoms. The molecule has 3 aromatic rings. The summed E-state index contributed by atoms with van der Waals surface area (Å²) in [5, 5.41) is 1.46. The molecule has 0 saturated carbocycles. The second kappa shape index (κ2) is 7.06. The highest BCUT2D eigenvalue weighted by molar-refractivity contribution is 6.31. The zero-order chi connectivity index (χ0) is 19.1. The van der Waals surface area contributed by atoms with Gasteiger partial charge in [-0.2, -0.15) is 0 Å². The van der Waals surface area contributed by atoms with E-state index in [0.717, 1.165) is 41.7 Å². The first-order valence-corrected chi connectivity index (χ1v) is 9.96. The van der Waals surface area contributed by atoms with Crippen LogP contribution in [0.4, 0.5) is 0 Å². The van der Waals surface area contributed by atoms with E-state index in [4.69, 9.17) is 25.5 Å². The van der Waals surface area contributed by atoms with E-state index in [2.05, 4.69) is 0 Å². The lowest BCUT2D eigenvalue weighted by atomic mass is 10.0. The molecule has 0 unspecified atom stereocenters. The summed E-state index contributed by atoms with van der Waals surface area (Å²) >= 11 is 6.05. The minimum absolute atomic E-state index is 0.00135. The third-order valence-electron chi connectivity index (χ3n) is 5.36. The lowest BCUT2D eigenvalue weighted by Crippen LogP contribution is -2.30. The van der Waals surface area contributed by atoms with E-state index in [1.165, 1.54) is 0 Å². The number of ether oxygens (including phenoxy) is 2. The Bertz CT molecular complexity index is 1040. The van der Waals surface area contributed by atoms with Crippen LogP contribution < -0.4 is 9.47 Å². The molecule has 6 heteroatoms. The van der Waals surface area contributed by atoms with Gasteiger partial charge in [-0.3, -0.25) is 4.79 Å². The summed E-state index contributed by atoms with van der Waals surface area (Å²) in [4.78, 5) is 15.1. The van der Waals surface area contributed by atoms with E-state index < -0.39 is 0 Å². The minimum atomic E-state index is -0.0954. The van der Waals surface area contributed by atoms with Gasteiger partial charge < -0.3 is 18.8 Å². The highest BCUT2D eigenvalue weighted by Gasteiger charge is 2.33. The van der Waals surface area contributed by atoms with Gasteiger partial charge in [-0.05, 0) is 54.8 Å². The second-order valence-electron chi connectivity index (χ2n) is 7.21. The van der Waals surface area contributed by atoms with Crippen molar-refractivity contribution in [2.24, 2.45) is 0 Å². The standard InChI is InChI=1S/C22H20ClNO4/c23-16-5-7-18-15(11-16)13-21(28-18)22(25)24-8-1-3-17(24)14-4-6-19-20(12-14)27-10-2-9-26-19/h4-7,11-13,17H,1-3,8-10H2/t17-/m0/s1. The number of hydrogen-bond donors (Lipinski definition) is 0. The molecule has 2 aliphatic rings. The number of halogens is 1. The number of fused-ring (bicyclic) bond motifs is 2. The third kappa shape index (κ3) is 3.10. The molecule has 1 amide bonds. The number of carbonyl (C=O) groups is 1. The summed E-state index contributed by atoms with van der Waals surface area (Å²) in [5.41, 5.74) is 1.73. The first-order chi connectivity index (χ1) is 13.7. The maximum Gasteiger partial charge on any atom is 0.290 e. The minimum Gasteiger partial charge on any atom is -0.490 e. The predicted octanol–water partition coefficient (Wildman–Crippen LogP) is 5.22. The molecule has 5 rings (SSSR count). The van der Waals surface area contributed by atoms with Crippen molar-refractivity contribution in [2.45, 2.75) is 25.3 Å². The van der Waals surface area contributed by atoms with Crippen molar-refractivity contribution in [3.63, 3.8) is 0 Å². The van der Waals surface area contributed by atoms with Gasteiger partial charge >= 0.3 is 0 Å². The molecule has 144 valence electrons. The molecular formula is C22H20ClNO4. The molecule has 3 heterocycles. The number of likely N-dealkylation sites (tertiary alicyclic amines) is 1. The largest absolute Gasteiger partial charge is 0.490 e. The summed E-state index contributed by atoms with van der Waals surface area (Å²) in [6, 6.07) is 13.1. The smallest absolute Gasteiger partial charge is 0.290 e. The molecule has 1 saturated heterocycles. The van der Waals surface area contributed by atoms with Gasteiger partial charge in [-0.25, -0.2) is 0 Å². The van der Waals surface area contributed by atoms with Gasteiger partial charge in [0.1, 0.15) is 5.58 Å². The van der Waals surface area contributed by atoms with Crippen LogP contribution in [0.15, 0.2) is 46.9 Å². The zero-order valence-electron chi connectivity index (χ0n) is 15.3. The predicted molar refractivity (Wildman–Crippen MR) is 106 cm³/mol. The Balaban J connectivity index is 1.44. The van der Waals surface area contributed by atoms with Crippen LogP contribution in [0.2, 0.25) is 5.02 Å². The quantitative estimate of drug-likeness (QED) is 0.594. The van der Waals surface area contributed by atoms with E-state index in [0.29, 0.717) is 36.1 Å². The molecule has 0 N–H and O–H groups in total. The first-order valence-electron chi connectivity index (χ1n) is 9.59. The molecular weight excluding hydrogens is 378 g/mol. The van der Waals surface area contributed by atoms with E-state index in [-0.39, 0.29) is 11.9 Å². The van der Waals surface area contributed by atoms with Crippen LogP contribution in [0.1, 0.15) is 41.4 Å². The average Bonchev–Trinajstić information content (AvgIpc) is 3.28. The monoisotopic (exact) mass is 397 g/mol. The summed E-state index contributed by atoms with van der Waals surface area (Å²) in [7, 11) is 0. The van der Waals surface area contributed by atoms with Crippen molar-refractivity contribution in [3.8, 4) is 11.5 Å². The highest BCUT2D eigenvalue weighted by atomic mass is 35.5. The zero-order valence-corrected chi connectivity index (χ0v) is 16.1. The van der Waals surface area contributed by atoms with Gasteiger partial charge in [0.2, 0.25) is 0 Å². The normalized spacial score (nSPS) is 19.0. The number of carbonyl (C=O) groups excluding carboxylic acids is 1. The number of hydrogen-bond acceptors (Lipinski definition) is 4. The topological polar surface area (TPSA) is 51.9 Å². The number of benzene rings is 2. The van der Waals surface area contributed by atoms with Crippen molar-refractivity contribution in [3.05, 3.63) is 58.8 Å². The molecule has 0 aliphatic carbocycles. The Morgan fingerprint density at radius 3 is 2.75 bits per heavy atom. The van der Waals surface area contributed by atoms with Crippen molar-refractivity contribution in [1.82, 2.24) is 4.90 Å². The lowest BCUT2D eigenvalue weighted by Gasteiger charge is -2.24. The van der Waals surface area contributed by atoms with Gasteiger partial charge in [0.15, 0.2) is 17.3 Å². The fourth-order valence-electron chi connectivity index (χ4n) is 4.00. The van der Waals surface area contributed by atoms with Gasteiger partial charge in [-0.15, -0.1) is 0 Å². The van der Waals surface area contributed by atoms with Gasteiger partial charge in [0.05, 0.1) is 19.3 Å². The third-order valence-corrected chi connectivity index (χ3v) is 5.59. The van der Waals surface area contributed by atoms with Crippen LogP contribution in [0.5, 0.6) is 11.5 Å². The molecule has 28 heavy (non-hydrogen) atoms. The Labute approximate surface area is 167 Å². The first kappa shape index (κ1) is 17.4. The summed E-state index contributed by atoms with van der Waals surface area (Å²) < 4.78 is 17.3. The number of rotatable bonds is 2. The van der Waals surface area contributed by atoms with Crippen LogP contribution in [-0.2, 0) is 0 Å². The SMILES string of the molecule is O=C(c1cc2cc(Cl)ccc2o1)N1CCC[C@H]1c1ccc2c(c1)OCCCO2. The summed E-state index contributed by atoms with van der Waals surface area (Å²) in [6.07, 6.45) is 2.74. The number of nitrogens with zero attached hydrogens (tertiary/aromatic N) is 1. The lowest BCUT2D eigenvalue weighted by molar-refractivity contribution is 0.0705. The van der Waals surface area contributed by atoms with E-state index in [1.807, 2.05) is 29.2 Å². The fraction of sp³-hybridized carbons (Fsp3) is 0.318. The van der Waals surface area contributed by atoms with Crippen LogP contribution in [0.3, 0.4) is 0 Å². The molecule has 2 aromatic carbocycles. The Morgan fingerprint density at radius 2 is 1.86 bits per heavy atom. The summed E-state index contributed by atoms with van der Waals surface area (Å²) in [6.45, 7) is 2.01. The van der Waals surface area contributed by atoms with E-state index in [9.17, 15) is 4.79 Å². The summed E-state index contributed by atoms with van der Waals surface area (Å²) in [5.74, 6) is 1.78. The number of furan rings is 1. The highest BCUT2D eigenvalue weighted by Crippen LogP contribution is 2.39. The second-order valence-corrected chi connectivity index (χ2v) is 7.64. The van der Waals surface area contributed by atoms with Gasteiger partial charge in [0.25, 0.3) is 5.91 Å².